The van der Waals surface area contributed by atoms with Crippen molar-refractivity contribution in [2.75, 3.05) is 38.3 Å². The van der Waals surface area contributed by atoms with Gasteiger partial charge in [-0.2, -0.15) is 0 Å². The van der Waals surface area contributed by atoms with Crippen molar-refractivity contribution in [2.24, 2.45) is 0 Å². The number of rotatable bonds is 5. The molecule has 0 amide bonds. The largest absolute Gasteiger partial charge is 0.382 e. The molecule has 5 nitrogen and oxygen atoms in total. The first-order chi connectivity index (χ1) is 9.19. The first-order valence-electron chi connectivity index (χ1n) is 6.87. The van der Waals surface area contributed by atoms with Gasteiger partial charge in [-0.05, 0) is 26.7 Å². The van der Waals surface area contributed by atoms with Crippen LogP contribution in [0, 0.1) is 13.8 Å². The molecule has 1 aromatic rings. The Bertz CT molecular complexity index is 383. The van der Waals surface area contributed by atoms with E-state index in [1.807, 2.05) is 13.8 Å². The van der Waals surface area contributed by atoms with Crippen LogP contribution in [0.1, 0.15) is 24.4 Å². The van der Waals surface area contributed by atoms with Crippen LogP contribution in [0.3, 0.4) is 0 Å². The van der Waals surface area contributed by atoms with E-state index >= 15 is 0 Å². The van der Waals surface area contributed by atoms with E-state index in [-0.39, 0.29) is 0 Å². The lowest BCUT2D eigenvalue weighted by Crippen LogP contribution is -2.38. The number of anilines is 1. The van der Waals surface area contributed by atoms with Gasteiger partial charge in [0, 0.05) is 32.0 Å². The summed E-state index contributed by atoms with van der Waals surface area (Å²) in [6.07, 6.45) is 2.45. The number of methoxy groups -OCH3 is 1. The highest BCUT2D eigenvalue weighted by Crippen LogP contribution is 2.20. The summed E-state index contributed by atoms with van der Waals surface area (Å²) in [6, 6.07) is 2.05. The van der Waals surface area contributed by atoms with Gasteiger partial charge in [-0.25, -0.2) is 9.97 Å². The third-order valence-electron chi connectivity index (χ3n) is 3.36. The molecule has 19 heavy (non-hydrogen) atoms. The highest BCUT2D eigenvalue weighted by molar-refractivity contribution is 5.40. The molecule has 1 aromatic heterocycles. The number of ether oxygens (including phenoxy) is 2. The third-order valence-corrected chi connectivity index (χ3v) is 3.36. The molecule has 0 radical (unpaired) electrons. The standard InChI is InChI=1S/C14H23N3O2/c1-11-10-14(16-12(2)15-11)17-6-4-13(5-7-17)19-9-8-18-3/h10,13H,4-9H2,1-3H3. The summed E-state index contributed by atoms with van der Waals surface area (Å²) in [5.74, 6) is 1.88. The lowest BCUT2D eigenvalue weighted by molar-refractivity contribution is 0.00604. The number of hydrogen-bond donors (Lipinski definition) is 0. The molecule has 1 saturated heterocycles. The molecule has 0 aromatic carbocycles. The summed E-state index contributed by atoms with van der Waals surface area (Å²) in [5.41, 5.74) is 1.03. The van der Waals surface area contributed by atoms with E-state index in [2.05, 4.69) is 20.9 Å². The molecule has 1 aliphatic heterocycles. The minimum Gasteiger partial charge on any atom is -0.382 e. The second-order valence-corrected chi connectivity index (χ2v) is 4.96. The van der Waals surface area contributed by atoms with Gasteiger partial charge in [0.25, 0.3) is 0 Å². The quantitative estimate of drug-likeness (QED) is 0.759. The van der Waals surface area contributed by atoms with Gasteiger partial charge in [0.2, 0.25) is 0 Å². The SMILES string of the molecule is COCCOC1CCN(c2cc(C)nc(C)n2)CC1. The van der Waals surface area contributed by atoms with Crippen molar-refractivity contribution in [1.29, 1.82) is 0 Å². The van der Waals surface area contributed by atoms with Crippen LogP contribution in [0.4, 0.5) is 5.82 Å². The summed E-state index contributed by atoms with van der Waals surface area (Å²) in [4.78, 5) is 11.1. The topological polar surface area (TPSA) is 47.5 Å². The zero-order chi connectivity index (χ0) is 13.7. The summed E-state index contributed by atoms with van der Waals surface area (Å²) >= 11 is 0. The maximum Gasteiger partial charge on any atom is 0.132 e. The fourth-order valence-corrected chi connectivity index (χ4v) is 2.41. The smallest absolute Gasteiger partial charge is 0.132 e. The molecule has 5 heteroatoms. The molecule has 0 spiro atoms. The number of hydrogen-bond acceptors (Lipinski definition) is 5. The Labute approximate surface area is 115 Å². The van der Waals surface area contributed by atoms with E-state index in [4.69, 9.17) is 9.47 Å². The van der Waals surface area contributed by atoms with E-state index < -0.39 is 0 Å². The Balaban J connectivity index is 1.85. The van der Waals surface area contributed by atoms with Crippen LogP contribution >= 0.6 is 0 Å². The van der Waals surface area contributed by atoms with E-state index in [0.717, 1.165) is 43.3 Å². The van der Waals surface area contributed by atoms with E-state index in [1.165, 1.54) is 0 Å². The molecule has 1 fully saturated rings. The van der Waals surface area contributed by atoms with Crippen molar-refractivity contribution in [3.05, 3.63) is 17.6 Å². The lowest BCUT2D eigenvalue weighted by Gasteiger charge is -2.32. The molecule has 0 unspecified atom stereocenters. The minimum absolute atomic E-state index is 0.357. The van der Waals surface area contributed by atoms with Gasteiger partial charge in [-0.1, -0.05) is 0 Å². The van der Waals surface area contributed by atoms with Crippen LogP contribution in [0.5, 0.6) is 0 Å². The zero-order valence-corrected chi connectivity index (χ0v) is 12.1. The summed E-state index contributed by atoms with van der Waals surface area (Å²) in [7, 11) is 1.70. The van der Waals surface area contributed by atoms with Gasteiger partial charge in [-0.3, -0.25) is 0 Å². The summed E-state index contributed by atoms with van der Waals surface area (Å²) in [5, 5.41) is 0. The first kappa shape index (κ1) is 14.2. The number of aryl methyl sites for hydroxylation is 2. The first-order valence-corrected chi connectivity index (χ1v) is 6.87. The Hall–Kier alpha value is -1.20. The van der Waals surface area contributed by atoms with E-state index in [1.54, 1.807) is 7.11 Å². The van der Waals surface area contributed by atoms with Crippen molar-refractivity contribution in [1.82, 2.24) is 9.97 Å². The van der Waals surface area contributed by atoms with Crippen LogP contribution in [-0.4, -0.2) is 49.5 Å². The Morgan fingerprint density at radius 3 is 2.58 bits per heavy atom. The molecule has 0 bridgehead atoms. The van der Waals surface area contributed by atoms with Crippen LogP contribution in [0.2, 0.25) is 0 Å². The van der Waals surface area contributed by atoms with Crippen molar-refractivity contribution < 1.29 is 9.47 Å². The number of aromatic nitrogens is 2. The van der Waals surface area contributed by atoms with Gasteiger partial charge in [-0.15, -0.1) is 0 Å². The second kappa shape index (κ2) is 6.82. The maximum absolute atomic E-state index is 5.77. The number of piperidine rings is 1. The van der Waals surface area contributed by atoms with Gasteiger partial charge in [0.05, 0.1) is 19.3 Å². The fourth-order valence-electron chi connectivity index (χ4n) is 2.41. The molecule has 0 saturated carbocycles. The van der Waals surface area contributed by atoms with Crippen LogP contribution in [0.25, 0.3) is 0 Å². The average molecular weight is 265 g/mol. The van der Waals surface area contributed by atoms with Gasteiger partial charge in [0.15, 0.2) is 0 Å². The van der Waals surface area contributed by atoms with E-state index in [9.17, 15) is 0 Å². The molecule has 2 heterocycles. The van der Waals surface area contributed by atoms with Crippen molar-refractivity contribution >= 4 is 5.82 Å². The second-order valence-electron chi connectivity index (χ2n) is 4.96. The predicted octanol–water partition coefficient (Wildman–Crippen LogP) is 1.73. The molecule has 0 atom stereocenters. The zero-order valence-electron chi connectivity index (χ0n) is 12.1. The molecule has 106 valence electrons. The minimum atomic E-state index is 0.357. The molecule has 2 rings (SSSR count). The van der Waals surface area contributed by atoms with Gasteiger partial charge < -0.3 is 14.4 Å². The normalized spacial score (nSPS) is 16.9. The summed E-state index contributed by atoms with van der Waals surface area (Å²) in [6.45, 7) is 7.30. The van der Waals surface area contributed by atoms with Crippen LogP contribution in [-0.2, 0) is 9.47 Å². The molecule has 0 aliphatic carbocycles. The molecular weight excluding hydrogens is 242 g/mol. The van der Waals surface area contributed by atoms with Crippen molar-refractivity contribution in [2.45, 2.75) is 32.8 Å². The fraction of sp³-hybridized carbons (Fsp3) is 0.714. The highest BCUT2D eigenvalue weighted by Gasteiger charge is 2.20. The van der Waals surface area contributed by atoms with Crippen LogP contribution < -0.4 is 4.90 Å². The monoisotopic (exact) mass is 265 g/mol. The maximum atomic E-state index is 5.77. The van der Waals surface area contributed by atoms with Crippen LogP contribution in [0.15, 0.2) is 6.07 Å². The molecular formula is C14H23N3O2. The Morgan fingerprint density at radius 1 is 1.21 bits per heavy atom. The van der Waals surface area contributed by atoms with Crippen molar-refractivity contribution in [3.8, 4) is 0 Å². The van der Waals surface area contributed by atoms with Gasteiger partial charge >= 0.3 is 0 Å². The average Bonchev–Trinajstić information content (AvgIpc) is 2.39. The summed E-state index contributed by atoms with van der Waals surface area (Å²) < 4.78 is 10.8. The molecule has 1 aliphatic rings. The Kier molecular flexibility index (Phi) is 5.10. The van der Waals surface area contributed by atoms with Gasteiger partial charge in [0.1, 0.15) is 11.6 Å². The van der Waals surface area contributed by atoms with E-state index in [0.29, 0.717) is 19.3 Å². The third kappa shape index (κ3) is 4.14. The molecule has 0 N–H and O–H groups in total. The lowest BCUT2D eigenvalue weighted by atomic mass is 10.1. The number of nitrogens with zero attached hydrogens (tertiary/aromatic N) is 3. The predicted molar refractivity (Wildman–Crippen MR) is 74.6 cm³/mol. The van der Waals surface area contributed by atoms with Crippen molar-refractivity contribution in [3.63, 3.8) is 0 Å². The Morgan fingerprint density at radius 2 is 1.95 bits per heavy atom. The highest BCUT2D eigenvalue weighted by atomic mass is 16.5.